The number of hydroxylamine groups is 1. The van der Waals surface area contributed by atoms with Crippen LogP contribution in [0.4, 0.5) is 0 Å². The van der Waals surface area contributed by atoms with Crippen LogP contribution in [0.15, 0.2) is 0 Å². The zero-order valence-electron chi connectivity index (χ0n) is 9.70. The molecule has 2 N–H and O–H groups in total. The van der Waals surface area contributed by atoms with Gasteiger partial charge in [-0.2, -0.15) is 5.48 Å². The maximum atomic E-state index is 11.1. The number of hydrogen-bond acceptors (Lipinski definition) is 9. The van der Waals surface area contributed by atoms with Crippen molar-refractivity contribution >= 4 is 5.97 Å². The Kier molecular flexibility index (Phi) is 11.0. The maximum absolute atomic E-state index is 11.1. The van der Waals surface area contributed by atoms with Gasteiger partial charge in [-0.05, 0) is 12.8 Å². The van der Waals surface area contributed by atoms with Crippen molar-refractivity contribution in [3.63, 3.8) is 0 Å². The standard InChI is InChI=1S/C8H16N2O8/c11-8(4-1-2-5-9-17-18-14)15-6-3-7-16-10(12)13/h9,14H,1-7H2. The summed E-state index contributed by atoms with van der Waals surface area (Å²) in [6.07, 6.45) is 1.71. The van der Waals surface area contributed by atoms with Gasteiger partial charge in [0.1, 0.15) is 0 Å². The molecule has 106 valence electrons. The number of carbonyl (C=O) groups excluding carboxylic acids is 1. The van der Waals surface area contributed by atoms with Gasteiger partial charge in [-0.25, -0.2) is 5.26 Å². The zero-order valence-corrected chi connectivity index (χ0v) is 9.70. The average molecular weight is 268 g/mol. The molecular formula is C8H16N2O8. The third-order valence-corrected chi connectivity index (χ3v) is 1.75. The van der Waals surface area contributed by atoms with Crippen LogP contribution in [0.2, 0.25) is 0 Å². The van der Waals surface area contributed by atoms with Crippen LogP contribution in [0, 0.1) is 10.1 Å². The first kappa shape index (κ1) is 16.5. The van der Waals surface area contributed by atoms with Gasteiger partial charge < -0.3 is 9.57 Å². The molecule has 0 aliphatic carbocycles. The molecule has 0 amide bonds. The van der Waals surface area contributed by atoms with Gasteiger partial charge in [-0.1, -0.05) is 5.04 Å². The van der Waals surface area contributed by atoms with Crippen LogP contribution in [0.3, 0.4) is 0 Å². The van der Waals surface area contributed by atoms with E-state index >= 15 is 0 Å². The Bertz CT molecular complexity index is 237. The molecule has 0 aromatic carbocycles. The van der Waals surface area contributed by atoms with Crippen LogP contribution >= 0.6 is 0 Å². The van der Waals surface area contributed by atoms with Gasteiger partial charge in [-0.15, -0.1) is 15.1 Å². The highest BCUT2D eigenvalue weighted by Gasteiger charge is 2.03. The van der Waals surface area contributed by atoms with Crippen LogP contribution < -0.4 is 5.48 Å². The number of nitrogens with zero attached hydrogens (tertiary/aromatic N) is 1. The monoisotopic (exact) mass is 268 g/mol. The Labute approximate surface area is 103 Å². The summed E-state index contributed by atoms with van der Waals surface area (Å²) >= 11 is 0. The van der Waals surface area contributed by atoms with Gasteiger partial charge >= 0.3 is 5.97 Å². The van der Waals surface area contributed by atoms with Crippen LogP contribution in [0.1, 0.15) is 25.7 Å². The van der Waals surface area contributed by atoms with Crippen molar-refractivity contribution in [3.8, 4) is 0 Å². The van der Waals surface area contributed by atoms with E-state index in [1.165, 1.54) is 0 Å². The molecule has 10 nitrogen and oxygen atoms in total. The number of nitrogens with one attached hydrogen (secondary N) is 1. The molecule has 0 aromatic rings. The number of unbranched alkanes of at least 4 members (excludes halogenated alkanes) is 1. The minimum Gasteiger partial charge on any atom is -0.466 e. The van der Waals surface area contributed by atoms with Crippen LogP contribution in [0.25, 0.3) is 0 Å². The molecule has 0 rings (SSSR count). The summed E-state index contributed by atoms with van der Waals surface area (Å²) in [5.41, 5.74) is 2.27. The lowest BCUT2D eigenvalue weighted by Gasteiger charge is -2.04. The third-order valence-electron chi connectivity index (χ3n) is 1.75. The van der Waals surface area contributed by atoms with E-state index in [4.69, 9.17) is 9.99 Å². The van der Waals surface area contributed by atoms with Gasteiger partial charge in [0.15, 0.2) is 0 Å². The van der Waals surface area contributed by atoms with Crippen LogP contribution in [-0.4, -0.2) is 36.1 Å². The number of ether oxygens (including phenoxy) is 1. The number of hydrogen-bond donors (Lipinski definition) is 2. The number of rotatable bonds is 12. The van der Waals surface area contributed by atoms with E-state index < -0.39 is 5.09 Å². The summed E-state index contributed by atoms with van der Waals surface area (Å²) in [6.45, 7) is 0.402. The van der Waals surface area contributed by atoms with Crippen LogP contribution in [-0.2, 0) is 24.4 Å². The van der Waals surface area contributed by atoms with Crippen LogP contribution in [0.5, 0.6) is 0 Å². The third kappa shape index (κ3) is 12.6. The van der Waals surface area contributed by atoms with Crippen molar-refractivity contribution < 1.29 is 34.7 Å². The second kappa shape index (κ2) is 12.0. The lowest BCUT2D eigenvalue weighted by Crippen LogP contribution is -2.16. The van der Waals surface area contributed by atoms with Gasteiger partial charge in [0.2, 0.25) is 0 Å². The first-order valence-corrected chi connectivity index (χ1v) is 5.29. The Morgan fingerprint density at radius 2 is 2.06 bits per heavy atom. The lowest BCUT2D eigenvalue weighted by molar-refractivity contribution is -0.757. The minimum atomic E-state index is -0.896. The van der Waals surface area contributed by atoms with E-state index in [9.17, 15) is 14.9 Å². The second-order valence-electron chi connectivity index (χ2n) is 3.14. The van der Waals surface area contributed by atoms with Crippen molar-refractivity contribution in [2.45, 2.75) is 25.7 Å². The molecule has 0 unspecified atom stereocenters. The largest absolute Gasteiger partial charge is 0.466 e. The SMILES string of the molecule is O=C(CCCCNOOO)OCCCO[N+](=O)[O-]. The Morgan fingerprint density at radius 1 is 1.28 bits per heavy atom. The first-order chi connectivity index (χ1) is 8.66. The highest BCUT2D eigenvalue weighted by Crippen LogP contribution is 1.97. The molecule has 0 aliphatic heterocycles. The fourth-order valence-corrected chi connectivity index (χ4v) is 0.991. The summed E-state index contributed by atoms with van der Waals surface area (Å²) in [6, 6.07) is 0. The Morgan fingerprint density at radius 3 is 2.72 bits per heavy atom. The maximum Gasteiger partial charge on any atom is 0.305 e. The van der Waals surface area contributed by atoms with Gasteiger partial charge in [0, 0.05) is 19.4 Å². The van der Waals surface area contributed by atoms with E-state index in [1.54, 1.807) is 0 Å². The van der Waals surface area contributed by atoms with Crippen molar-refractivity contribution in [2.24, 2.45) is 0 Å². The summed E-state index contributed by atoms with van der Waals surface area (Å²) in [4.78, 5) is 28.9. The predicted molar refractivity (Wildman–Crippen MR) is 55.2 cm³/mol. The molecule has 10 heteroatoms. The fraction of sp³-hybridized carbons (Fsp3) is 0.875. The van der Waals surface area contributed by atoms with E-state index in [0.29, 0.717) is 19.4 Å². The molecule has 0 atom stereocenters. The molecule has 0 saturated carbocycles. The molecule has 18 heavy (non-hydrogen) atoms. The molecule has 0 aromatic heterocycles. The van der Waals surface area contributed by atoms with E-state index in [0.717, 1.165) is 0 Å². The number of esters is 1. The molecule has 0 bridgehead atoms. The molecule has 0 radical (unpaired) electrons. The second-order valence-corrected chi connectivity index (χ2v) is 3.14. The first-order valence-electron chi connectivity index (χ1n) is 5.29. The van der Waals surface area contributed by atoms with Gasteiger partial charge in [-0.3, -0.25) is 4.79 Å². The quantitative estimate of drug-likeness (QED) is 0.168. The highest BCUT2D eigenvalue weighted by atomic mass is 17.5. The molecule has 0 aliphatic rings. The molecule has 0 spiro atoms. The summed E-state index contributed by atoms with van der Waals surface area (Å²) in [5.74, 6) is -0.379. The zero-order chi connectivity index (χ0) is 13.6. The predicted octanol–water partition coefficient (Wildman–Crippen LogP) is 0.224. The summed E-state index contributed by atoms with van der Waals surface area (Å²) in [5, 5.41) is 20.0. The molecule has 0 fully saturated rings. The molecule has 0 saturated heterocycles. The normalized spacial score (nSPS) is 10.1. The summed E-state index contributed by atoms with van der Waals surface area (Å²) < 4.78 is 4.79. The van der Waals surface area contributed by atoms with E-state index in [-0.39, 0.29) is 32.0 Å². The minimum absolute atomic E-state index is 0.0897. The molecular weight excluding hydrogens is 252 g/mol. The summed E-state index contributed by atoms with van der Waals surface area (Å²) in [7, 11) is 0. The van der Waals surface area contributed by atoms with Crippen molar-refractivity contribution in [3.05, 3.63) is 10.1 Å². The fourth-order valence-electron chi connectivity index (χ4n) is 0.991. The topological polar surface area (TPSA) is 129 Å². The van der Waals surface area contributed by atoms with Gasteiger partial charge in [0.25, 0.3) is 5.09 Å². The van der Waals surface area contributed by atoms with Crippen molar-refractivity contribution in [1.29, 1.82) is 0 Å². The number of carbonyl (C=O) groups is 1. The van der Waals surface area contributed by atoms with Crippen molar-refractivity contribution in [1.82, 2.24) is 5.48 Å². The Balaban J connectivity index is 3.20. The van der Waals surface area contributed by atoms with Gasteiger partial charge in [0.05, 0.1) is 13.2 Å². The molecule has 0 heterocycles. The van der Waals surface area contributed by atoms with E-state index in [2.05, 4.69) is 20.3 Å². The Hall–Kier alpha value is -1.49. The smallest absolute Gasteiger partial charge is 0.305 e. The average Bonchev–Trinajstić information content (AvgIpc) is 2.33. The van der Waals surface area contributed by atoms with Crippen molar-refractivity contribution in [2.75, 3.05) is 19.8 Å². The lowest BCUT2D eigenvalue weighted by atomic mass is 10.2. The highest BCUT2D eigenvalue weighted by molar-refractivity contribution is 5.69. The van der Waals surface area contributed by atoms with E-state index in [1.807, 2.05) is 0 Å².